The molecular weight excluding hydrogens is 256 g/mol. The van der Waals surface area contributed by atoms with Crippen molar-refractivity contribution >= 4 is 11.6 Å². The molecule has 0 atom stereocenters. The number of aromatic nitrogens is 1. The zero-order valence-corrected chi connectivity index (χ0v) is 11.0. The molecule has 0 aliphatic rings. The third-order valence-electron chi connectivity index (χ3n) is 2.29. The van der Waals surface area contributed by atoms with Gasteiger partial charge in [-0.1, -0.05) is 0 Å². The van der Waals surface area contributed by atoms with E-state index in [0.717, 1.165) is 12.6 Å². The van der Waals surface area contributed by atoms with E-state index < -0.39 is 11.6 Å². The third kappa shape index (κ3) is 5.33. The fraction of sp³-hybridized carbons (Fsp3) is 0.545. The molecule has 1 aromatic heterocycles. The molecule has 1 rings (SSSR count). The minimum atomic E-state index is -0.840. The van der Waals surface area contributed by atoms with Gasteiger partial charge >= 0.3 is 0 Å². The lowest BCUT2D eigenvalue weighted by Crippen LogP contribution is -2.20. The van der Waals surface area contributed by atoms with Crippen LogP contribution in [0.5, 0.6) is 0 Å². The lowest BCUT2D eigenvalue weighted by Gasteiger charge is -2.11. The molecule has 6 nitrogen and oxygen atoms in total. The maximum absolute atomic E-state index is 13.4. The van der Waals surface area contributed by atoms with Crippen molar-refractivity contribution in [1.29, 1.82) is 0 Å². The lowest BCUT2D eigenvalue weighted by molar-refractivity contribution is 0.126. The summed E-state index contributed by atoms with van der Waals surface area (Å²) in [6.45, 7) is 2.17. The van der Waals surface area contributed by atoms with E-state index in [1.54, 1.807) is 0 Å². The lowest BCUT2D eigenvalue weighted by atomic mass is 10.4. The molecule has 0 aliphatic carbocycles. The molecule has 0 aliphatic heterocycles. The molecule has 0 saturated heterocycles. The van der Waals surface area contributed by atoms with Crippen LogP contribution in [0.2, 0.25) is 0 Å². The van der Waals surface area contributed by atoms with E-state index in [4.69, 9.17) is 10.6 Å². The Kier molecular flexibility index (Phi) is 6.40. The van der Waals surface area contributed by atoms with Gasteiger partial charge in [0.05, 0.1) is 13.2 Å². The number of nitrogen functional groups attached to an aromatic ring is 1. The molecule has 0 saturated carbocycles. The first-order chi connectivity index (χ1) is 9.04. The number of rotatable bonds is 8. The van der Waals surface area contributed by atoms with Crippen LogP contribution in [0.15, 0.2) is 6.07 Å². The van der Waals surface area contributed by atoms with Crippen LogP contribution >= 0.6 is 0 Å². The first-order valence-corrected chi connectivity index (χ1v) is 5.83. The number of ether oxygens (including phenoxy) is 1. The number of hydrogen-bond donors (Lipinski definition) is 3. The third-order valence-corrected chi connectivity index (χ3v) is 2.29. The Morgan fingerprint density at radius 3 is 2.58 bits per heavy atom. The second-order valence-corrected chi connectivity index (χ2v) is 4.14. The fourth-order valence-corrected chi connectivity index (χ4v) is 1.28. The van der Waals surface area contributed by atoms with Crippen molar-refractivity contribution in [2.45, 2.75) is 0 Å². The quantitative estimate of drug-likeness (QED) is 0.367. The van der Waals surface area contributed by atoms with Gasteiger partial charge in [-0.15, -0.1) is 0 Å². The van der Waals surface area contributed by atoms with Gasteiger partial charge in [0.15, 0.2) is 23.3 Å². The second-order valence-electron chi connectivity index (χ2n) is 4.14. The molecule has 0 radical (unpaired) electrons. The molecule has 0 unspecified atom stereocenters. The number of pyridine rings is 1. The van der Waals surface area contributed by atoms with Gasteiger partial charge in [0.2, 0.25) is 0 Å². The van der Waals surface area contributed by atoms with Crippen LogP contribution < -0.4 is 16.6 Å². The monoisotopic (exact) mass is 275 g/mol. The number of likely N-dealkylation sites (N-methyl/N-ethyl adjacent to an activating group) is 1. The number of nitrogens with zero attached hydrogens (tertiary/aromatic N) is 2. The smallest absolute Gasteiger partial charge is 0.178 e. The highest BCUT2D eigenvalue weighted by Crippen LogP contribution is 2.17. The first kappa shape index (κ1) is 15.5. The normalized spacial score (nSPS) is 10.8. The van der Waals surface area contributed by atoms with Crippen molar-refractivity contribution < 1.29 is 13.5 Å². The van der Waals surface area contributed by atoms with E-state index in [9.17, 15) is 8.78 Å². The molecule has 19 heavy (non-hydrogen) atoms. The average molecular weight is 275 g/mol. The van der Waals surface area contributed by atoms with Crippen LogP contribution in [0.3, 0.4) is 0 Å². The standard InChI is InChI=1S/C11H19F2N5O/c1-18(2)4-6-19-5-3-15-10-8(12)7-9(13)11(16-10)17-14/h7H,3-6,14H2,1-2H3,(H2,15,16,17). The van der Waals surface area contributed by atoms with Gasteiger partial charge in [-0.2, -0.15) is 0 Å². The summed E-state index contributed by atoms with van der Waals surface area (Å²) in [6, 6.07) is 0.720. The Bertz CT molecular complexity index is 403. The first-order valence-electron chi connectivity index (χ1n) is 5.83. The summed E-state index contributed by atoms with van der Waals surface area (Å²) in [5, 5.41) is 2.72. The van der Waals surface area contributed by atoms with Crippen molar-refractivity contribution in [3.8, 4) is 0 Å². The number of hydrazine groups is 1. The number of nitrogens with one attached hydrogen (secondary N) is 2. The summed E-state index contributed by atoms with van der Waals surface area (Å²) in [5.74, 6) is 3.17. The maximum Gasteiger partial charge on any atom is 0.178 e. The molecule has 0 aromatic carbocycles. The Morgan fingerprint density at radius 1 is 1.26 bits per heavy atom. The Hall–Kier alpha value is -1.51. The molecule has 0 spiro atoms. The van der Waals surface area contributed by atoms with Gasteiger partial charge in [0.25, 0.3) is 0 Å². The van der Waals surface area contributed by atoms with Crippen molar-refractivity contribution in [2.24, 2.45) is 5.84 Å². The molecule has 1 aromatic rings. The highest BCUT2D eigenvalue weighted by atomic mass is 19.1. The Labute approximate surface area is 110 Å². The minimum Gasteiger partial charge on any atom is -0.378 e. The molecule has 1 heterocycles. The van der Waals surface area contributed by atoms with E-state index in [1.165, 1.54) is 0 Å². The molecule has 108 valence electrons. The minimum absolute atomic E-state index is 0.0643. The molecule has 8 heteroatoms. The van der Waals surface area contributed by atoms with Crippen molar-refractivity contribution in [3.05, 3.63) is 17.7 Å². The average Bonchev–Trinajstić information content (AvgIpc) is 2.35. The highest BCUT2D eigenvalue weighted by Gasteiger charge is 2.10. The highest BCUT2D eigenvalue weighted by molar-refractivity contribution is 5.46. The van der Waals surface area contributed by atoms with E-state index in [1.807, 2.05) is 19.0 Å². The number of anilines is 2. The second kappa shape index (κ2) is 7.82. The number of nitrogens with two attached hydrogens (primary N) is 1. The van der Waals surface area contributed by atoms with Crippen LogP contribution in [0, 0.1) is 11.6 Å². The van der Waals surface area contributed by atoms with E-state index >= 15 is 0 Å². The van der Waals surface area contributed by atoms with Gasteiger partial charge in [-0.05, 0) is 14.1 Å². The summed E-state index contributed by atoms with van der Waals surface area (Å²) in [4.78, 5) is 5.67. The zero-order chi connectivity index (χ0) is 14.3. The topological polar surface area (TPSA) is 75.4 Å². The van der Waals surface area contributed by atoms with Crippen molar-refractivity contribution in [2.75, 3.05) is 51.1 Å². The Morgan fingerprint density at radius 2 is 1.95 bits per heavy atom. The fourth-order valence-electron chi connectivity index (χ4n) is 1.28. The summed E-state index contributed by atoms with van der Waals surface area (Å²) in [5.41, 5.74) is 2.06. The molecule has 0 bridgehead atoms. The summed E-state index contributed by atoms with van der Waals surface area (Å²) in [7, 11) is 3.89. The number of halogens is 2. The van der Waals surface area contributed by atoms with Crippen LogP contribution in [0.4, 0.5) is 20.4 Å². The van der Waals surface area contributed by atoms with Crippen LogP contribution in [0.25, 0.3) is 0 Å². The Balaban J connectivity index is 2.37. The predicted molar refractivity (Wildman–Crippen MR) is 69.8 cm³/mol. The van der Waals surface area contributed by atoms with Crippen molar-refractivity contribution in [1.82, 2.24) is 9.88 Å². The van der Waals surface area contributed by atoms with Crippen molar-refractivity contribution in [3.63, 3.8) is 0 Å². The molecule has 4 N–H and O–H groups in total. The van der Waals surface area contributed by atoms with Gasteiger partial charge in [0.1, 0.15) is 0 Å². The predicted octanol–water partition coefficient (Wildman–Crippen LogP) is 0.635. The van der Waals surface area contributed by atoms with E-state index in [2.05, 4.69) is 15.7 Å². The SMILES string of the molecule is CN(C)CCOCCNc1nc(NN)c(F)cc1F. The van der Waals surface area contributed by atoms with E-state index in [-0.39, 0.29) is 11.6 Å². The summed E-state index contributed by atoms with van der Waals surface area (Å²) >= 11 is 0. The van der Waals surface area contributed by atoms with Crippen LogP contribution in [0.1, 0.15) is 0 Å². The zero-order valence-electron chi connectivity index (χ0n) is 11.0. The largest absolute Gasteiger partial charge is 0.378 e. The van der Waals surface area contributed by atoms with Gasteiger partial charge in [-0.25, -0.2) is 19.6 Å². The van der Waals surface area contributed by atoms with Crippen LogP contribution in [-0.4, -0.2) is 50.3 Å². The maximum atomic E-state index is 13.4. The summed E-state index contributed by atoms with van der Waals surface area (Å²) < 4.78 is 31.8. The number of hydrogen-bond acceptors (Lipinski definition) is 6. The van der Waals surface area contributed by atoms with Crippen LogP contribution in [-0.2, 0) is 4.74 Å². The molecule has 0 fully saturated rings. The van der Waals surface area contributed by atoms with Gasteiger partial charge in [-0.3, -0.25) is 0 Å². The van der Waals surface area contributed by atoms with Gasteiger partial charge in [0, 0.05) is 19.2 Å². The molecular formula is C11H19F2N5O. The van der Waals surface area contributed by atoms with E-state index in [0.29, 0.717) is 19.8 Å². The summed E-state index contributed by atoms with van der Waals surface area (Å²) in [6.07, 6.45) is 0. The van der Waals surface area contributed by atoms with Gasteiger partial charge < -0.3 is 20.4 Å². The molecule has 0 amide bonds.